The van der Waals surface area contributed by atoms with Crippen LogP contribution in [0.25, 0.3) is 0 Å². The van der Waals surface area contributed by atoms with Gasteiger partial charge in [-0.25, -0.2) is 4.79 Å². The standard InChI is InChI=1S/C9H9N3.C2HF3O2/c10-3-7-1-2-9(12-4-7)8-5-11-6-8;3-2(4,5)1(6)7/h1-2,4,8,11H,5-6H2;(H,6,7). The number of carboxylic acid groups (broad SMARTS) is 1. The van der Waals surface area contributed by atoms with Gasteiger partial charge in [0.25, 0.3) is 0 Å². The molecular formula is C11H10F3N3O2. The van der Waals surface area contributed by atoms with Crippen LogP contribution in [0.4, 0.5) is 13.2 Å². The van der Waals surface area contributed by atoms with Crippen molar-refractivity contribution in [1.29, 1.82) is 5.26 Å². The van der Waals surface area contributed by atoms with Gasteiger partial charge in [0.2, 0.25) is 0 Å². The molecule has 5 nitrogen and oxygen atoms in total. The van der Waals surface area contributed by atoms with Gasteiger partial charge in [0, 0.05) is 30.9 Å². The van der Waals surface area contributed by atoms with E-state index in [1.165, 1.54) is 0 Å². The fraction of sp³-hybridized carbons (Fsp3) is 0.364. The molecule has 0 radical (unpaired) electrons. The summed E-state index contributed by atoms with van der Waals surface area (Å²) >= 11 is 0. The number of hydrogen-bond donors (Lipinski definition) is 2. The molecule has 19 heavy (non-hydrogen) atoms. The molecule has 0 amide bonds. The Morgan fingerprint density at radius 1 is 1.47 bits per heavy atom. The molecule has 0 bridgehead atoms. The van der Waals surface area contributed by atoms with E-state index in [9.17, 15) is 13.2 Å². The summed E-state index contributed by atoms with van der Waals surface area (Å²) < 4.78 is 31.7. The minimum Gasteiger partial charge on any atom is -0.475 e. The summed E-state index contributed by atoms with van der Waals surface area (Å²) in [5, 5.41) is 18.8. The van der Waals surface area contributed by atoms with Crippen LogP contribution >= 0.6 is 0 Å². The number of nitrogens with one attached hydrogen (secondary N) is 1. The predicted molar refractivity (Wildman–Crippen MR) is 58.3 cm³/mol. The van der Waals surface area contributed by atoms with Crippen molar-refractivity contribution in [2.75, 3.05) is 13.1 Å². The first-order valence-corrected chi connectivity index (χ1v) is 5.21. The number of aromatic nitrogens is 1. The van der Waals surface area contributed by atoms with Gasteiger partial charge in [-0.2, -0.15) is 18.4 Å². The molecule has 8 heteroatoms. The van der Waals surface area contributed by atoms with E-state index >= 15 is 0 Å². The van der Waals surface area contributed by atoms with Crippen LogP contribution in [-0.2, 0) is 4.79 Å². The molecule has 0 unspecified atom stereocenters. The van der Waals surface area contributed by atoms with E-state index < -0.39 is 12.1 Å². The third-order valence-electron chi connectivity index (χ3n) is 2.36. The zero-order valence-corrected chi connectivity index (χ0v) is 9.61. The molecule has 0 aromatic carbocycles. The molecule has 1 fully saturated rings. The number of nitriles is 1. The van der Waals surface area contributed by atoms with Crippen molar-refractivity contribution < 1.29 is 23.1 Å². The highest BCUT2D eigenvalue weighted by molar-refractivity contribution is 5.73. The molecule has 2 rings (SSSR count). The number of rotatable bonds is 1. The van der Waals surface area contributed by atoms with Crippen molar-refractivity contribution in [3.8, 4) is 6.07 Å². The average molecular weight is 273 g/mol. The number of carbonyl (C=O) groups is 1. The van der Waals surface area contributed by atoms with E-state index in [0.29, 0.717) is 11.5 Å². The van der Waals surface area contributed by atoms with Gasteiger partial charge in [-0.3, -0.25) is 4.98 Å². The molecule has 1 aliphatic heterocycles. The lowest BCUT2D eigenvalue weighted by atomic mass is 9.98. The second-order valence-electron chi connectivity index (χ2n) is 3.74. The molecular weight excluding hydrogens is 263 g/mol. The van der Waals surface area contributed by atoms with Crippen molar-refractivity contribution >= 4 is 5.97 Å². The van der Waals surface area contributed by atoms with Crippen LogP contribution in [0.15, 0.2) is 18.3 Å². The van der Waals surface area contributed by atoms with E-state index in [0.717, 1.165) is 18.8 Å². The molecule has 0 atom stereocenters. The molecule has 1 aromatic rings. The van der Waals surface area contributed by atoms with Crippen LogP contribution in [0.2, 0.25) is 0 Å². The van der Waals surface area contributed by atoms with Gasteiger partial charge in [-0.15, -0.1) is 0 Å². The van der Waals surface area contributed by atoms with Crippen LogP contribution < -0.4 is 5.32 Å². The number of pyridine rings is 1. The summed E-state index contributed by atoms with van der Waals surface area (Å²) in [6.07, 6.45) is -3.45. The number of halogens is 3. The molecule has 102 valence electrons. The third kappa shape index (κ3) is 4.56. The first-order valence-electron chi connectivity index (χ1n) is 5.21. The van der Waals surface area contributed by atoms with Gasteiger partial charge in [-0.1, -0.05) is 0 Å². The van der Waals surface area contributed by atoms with Crippen molar-refractivity contribution in [2.45, 2.75) is 12.1 Å². The number of alkyl halides is 3. The van der Waals surface area contributed by atoms with E-state index in [4.69, 9.17) is 15.2 Å². The molecule has 0 spiro atoms. The Bertz CT molecular complexity index is 475. The maximum absolute atomic E-state index is 10.6. The highest BCUT2D eigenvalue weighted by atomic mass is 19.4. The Hall–Kier alpha value is -2.14. The summed E-state index contributed by atoms with van der Waals surface area (Å²) in [5.41, 5.74) is 1.72. The molecule has 1 saturated heterocycles. The van der Waals surface area contributed by atoms with E-state index in [1.807, 2.05) is 12.1 Å². The van der Waals surface area contributed by atoms with Gasteiger partial charge in [-0.05, 0) is 12.1 Å². The number of nitrogens with zero attached hydrogens (tertiary/aromatic N) is 2. The van der Waals surface area contributed by atoms with Gasteiger partial charge >= 0.3 is 12.1 Å². The molecule has 2 heterocycles. The van der Waals surface area contributed by atoms with Gasteiger partial charge in [0.15, 0.2) is 0 Å². The maximum Gasteiger partial charge on any atom is 0.490 e. The fourth-order valence-corrected chi connectivity index (χ4v) is 1.21. The Labute approximate surface area is 106 Å². The van der Waals surface area contributed by atoms with Crippen molar-refractivity contribution in [3.05, 3.63) is 29.6 Å². The quantitative estimate of drug-likeness (QED) is 0.804. The first-order chi connectivity index (χ1) is 8.84. The Morgan fingerprint density at radius 2 is 2.05 bits per heavy atom. The molecule has 0 aliphatic carbocycles. The SMILES string of the molecule is N#Cc1ccc(C2CNC2)nc1.O=C(O)C(F)(F)F. The van der Waals surface area contributed by atoms with E-state index in [-0.39, 0.29) is 0 Å². The highest BCUT2D eigenvalue weighted by Crippen LogP contribution is 2.16. The summed E-state index contributed by atoms with van der Waals surface area (Å²) in [7, 11) is 0. The lowest BCUT2D eigenvalue weighted by Crippen LogP contribution is -2.40. The van der Waals surface area contributed by atoms with Crippen molar-refractivity contribution in [3.63, 3.8) is 0 Å². The average Bonchev–Trinajstić information content (AvgIpc) is 2.27. The fourth-order valence-electron chi connectivity index (χ4n) is 1.21. The number of aliphatic carboxylic acids is 1. The summed E-state index contributed by atoms with van der Waals surface area (Å²) in [4.78, 5) is 13.1. The molecule has 1 aromatic heterocycles. The topological polar surface area (TPSA) is 86.0 Å². The molecule has 0 saturated carbocycles. The Balaban J connectivity index is 0.000000224. The smallest absolute Gasteiger partial charge is 0.475 e. The highest BCUT2D eigenvalue weighted by Gasteiger charge is 2.38. The summed E-state index contributed by atoms with van der Waals surface area (Å²) in [5.74, 6) is -2.20. The lowest BCUT2D eigenvalue weighted by Gasteiger charge is -2.26. The lowest BCUT2D eigenvalue weighted by molar-refractivity contribution is -0.192. The van der Waals surface area contributed by atoms with Gasteiger partial charge in [0.1, 0.15) is 6.07 Å². The third-order valence-corrected chi connectivity index (χ3v) is 2.36. The van der Waals surface area contributed by atoms with Crippen LogP contribution in [0.1, 0.15) is 17.2 Å². The van der Waals surface area contributed by atoms with Crippen LogP contribution in [-0.4, -0.2) is 35.3 Å². The normalized spacial score (nSPS) is 14.6. The first kappa shape index (κ1) is 14.9. The predicted octanol–water partition coefficient (Wildman–Crippen LogP) is 1.27. The molecule has 1 aliphatic rings. The van der Waals surface area contributed by atoms with E-state index in [2.05, 4.69) is 16.4 Å². The van der Waals surface area contributed by atoms with Crippen LogP contribution in [0, 0.1) is 11.3 Å². The van der Waals surface area contributed by atoms with Gasteiger partial charge in [0.05, 0.1) is 5.56 Å². The number of carboxylic acids is 1. The summed E-state index contributed by atoms with van der Waals surface area (Å²) in [6, 6.07) is 5.81. The Kier molecular flexibility index (Phi) is 4.83. The van der Waals surface area contributed by atoms with Crippen molar-refractivity contribution in [1.82, 2.24) is 10.3 Å². The van der Waals surface area contributed by atoms with Crippen LogP contribution in [0.5, 0.6) is 0 Å². The Morgan fingerprint density at radius 3 is 2.32 bits per heavy atom. The zero-order valence-electron chi connectivity index (χ0n) is 9.61. The maximum atomic E-state index is 10.6. The largest absolute Gasteiger partial charge is 0.490 e. The van der Waals surface area contributed by atoms with E-state index in [1.54, 1.807) is 6.20 Å². The zero-order chi connectivity index (χ0) is 14.5. The molecule has 2 N–H and O–H groups in total. The van der Waals surface area contributed by atoms with Crippen LogP contribution in [0.3, 0.4) is 0 Å². The minimum atomic E-state index is -5.08. The van der Waals surface area contributed by atoms with Gasteiger partial charge < -0.3 is 10.4 Å². The summed E-state index contributed by atoms with van der Waals surface area (Å²) in [6.45, 7) is 2.03. The monoisotopic (exact) mass is 273 g/mol. The minimum absolute atomic E-state index is 0.553. The van der Waals surface area contributed by atoms with Crippen molar-refractivity contribution in [2.24, 2.45) is 0 Å². The number of hydrogen-bond acceptors (Lipinski definition) is 4. The second-order valence-corrected chi connectivity index (χ2v) is 3.74. The second kappa shape index (κ2) is 6.15.